The van der Waals surface area contributed by atoms with Gasteiger partial charge in [-0.15, -0.1) is 0 Å². The van der Waals surface area contributed by atoms with Gasteiger partial charge in [0.1, 0.15) is 12.4 Å². The average Bonchev–Trinajstić information content (AvgIpc) is 2.92. The van der Waals surface area contributed by atoms with Crippen molar-refractivity contribution in [1.82, 2.24) is 10.2 Å². The molecule has 0 atom stereocenters. The third-order valence-electron chi connectivity index (χ3n) is 2.87. The highest BCUT2D eigenvalue weighted by Gasteiger charge is 1.97. The fourth-order valence-corrected chi connectivity index (χ4v) is 1.90. The summed E-state index contributed by atoms with van der Waals surface area (Å²) in [5, 5.41) is 8.00. The standard InChI is InChI=1S/C16H14N2O/c1-2-5-13(6-3-1)7-4-10-19-15-9-8-14-12-17-18-16(14)11-15/h1-9,11-12H,10H2,(H,17,18)/b7-4+. The van der Waals surface area contributed by atoms with Crippen LogP contribution in [0.3, 0.4) is 0 Å². The molecule has 0 aliphatic rings. The number of hydrogen-bond acceptors (Lipinski definition) is 2. The second kappa shape index (κ2) is 5.40. The number of nitrogens with one attached hydrogen (secondary N) is 1. The zero-order chi connectivity index (χ0) is 12.9. The Morgan fingerprint density at radius 1 is 1.11 bits per heavy atom. The zero-order valence-electron chi connectivity index (χ0n) is 10.4. The maximum atomic E-state index is 5.67. The molecular weight excluding hydrogens is 236 g/mol. The van der Waals surface area contributed by atoms with Gasteiger partial charge in [0.15, 0.2) is 0 Å². The predicted octanol–water partition coefficient (Wildman–Crippen LogP) is 3.66. The van der Waals surface area contributed by atoms with Crippen molar-refractivity contribution in [1.29, 1.82) is 0 Å². The molecule has 94 valence electrons. The Morgan fingerprint density at radius 3 is 2.89 bits per heavy atom. The number of H-pyrrole nitrogens is 1. The van der Waals surface area contributed by atoms with Gasteiger partial charge in [0.05, 0.1) is 11.7 Å². The summed E-state index contributed by atoms with van der Waals surface area (Å²) in [6.45, 7) is 0.550. The van der Waals surface area contributed by atoms with E-state index in [1.807, 2.05) is 42.5 Å². The molecular formula is C16H14N2O. The van der Waals surface area contributed by atoms with E-state index in [-0.39, 0.29) is 0 Å². The quantitative estimate of drug-likeness (QED) is 0.767. The van der Waals surface area contributed by atoms with Gasteiger partial charge in [-0.1, -0.05) is 36.4 Å². The maximum Gasteiger partial charge on any atom is 0.121 e. The monoisotopic (exact) mass is 250 g/mol. The molecule has 3 nitrogen and oxygen atoms in total. The van der Waals surface area contributed by atoms with Crippen LogP contribution in [0.4, 0.5) is 0 Å². The first-order chi connectivity index (χ1) is 9.42. The Balaban J connectivity index is 1.61. The van der Waals surface area contributed by atoms with Crippen LogP contribution >= 0.6 is 0 Å². The number of aromatic amines is 1. The first-order valence-corrected chi connectivity index (χ1v) is 6.19. The van der Waals surface area contributed by atoms with Gasteiger partial charge >= 0.3 is 0 Å². The molecule has 0 aliphatic carbocycles. The molecule has 0 radical (unpaired) electrons. The Hall–Kier alpha value is -2.55. The van der Waals surface area contributed by atoms with E-state index in [1.54, 1.807) is 6.20 Å². The molecule has 0 saturated carbocycles. The molecule has 1 N–H and O–H groups in total. The summed E-state index contributed by atoms with van der Waals surface area (Å²) in [7, 11) is 0. The van der Waals surface area contributed by atoms with Crippen LogP contribution in [0.1, 0.15) is 5.56 Å². The number of benzene rings is 2. The summed E-state index contributed by atoms with van der Waals surface area (Å²) in [5.41, 5.74) is 2.17. The minimum absolute atomic E-state index is 0.550. The van der Waals surface area contributed by atoms with Gasteiger partial charge in [-0.25, -0.2) is 0 Å². The van der Waals surface area contributed by atoms with E-state index in [4.69, 9.17) is 4.74 Å². The lowest BCUT2D eigenvalue weighted by Crippen LogP contribution is -1.92. The van der Waals surface area contributed by atoms with Crippen molar-refractivity contribution in [3.63, 3.8) is 0 Å². The molecule has 3 rings (SSSR count). The van der Waals surface area contributed by atoms with E-state index in [0.717, 1.165) is 16.7 Å². The van der Waals surface area contributed by atoms with Gasteiger partial charge in [-0.05, 0) is 23.8 Å². The maximum absolute atomic E-state index is 5.67. The van der Waals surface area contributed by atoms with Crippen molar-refractivity contribution in [2.75, 3.05) is 6.61 Å². The van der Waals surface area contributed by atoms with Gasteiger partial charge in [0, 0.05) is 11.5 Å². The van der Waals surface area contributed by atoms with Gasteiger partial charge in [0.2, 0.25) is 0 Å². The smallest absolute Gasteiger partial charge is 0.121 e. The third kappa shape index (κ3) is 2.83. The summed E-state index contributed by atoms with van der Waals surface area (Å²) >= 11 is 0. The molecule has 0 bridgehead atoms. The third-order valence-corrected chi connectivity index (χ3v) is 2.87. The van der Waals surface area contributed by atoms with Crippen LogP contribution in [0.25, 0.3) is 17.0 Å². The summed E-state index contributed by atoms with van der Waals surface area (Å²) < 4.78 is 5.67. The molecule has 0 saturated heterocycles. The number of nitrogens with zero attached hydrogens (tertiary/aromatic N) is 1. The van der Waals surface area contributed by atoms with Crippen LogP contribution in [0.15, 0.2) is 60.8 Å². The fourth-order valence-electron chi connectivity index (χ4n) is 1.90. The summed E-state index contributed by atoms with van der Waals surface area (Å²) in [5.74, 6) is 0.842. The van der Waals surface area contributed by atoms with Crippen molar-refractivity contribution < 1.29 is 4.74 Å². The molecule has 0 fully saturated rings. The molecule has 3 heteroatoms. The van der Waals surface area contributed by atoms with Crippen molar-refractivity contribution in [2.45, 2.75) is 0 Å². The van der Waals surface area contributed by atoms with E-state index < -0.39 is 0 Å². The van der Waals surface area contributed by atoms with Crippen molar-refractivity contribution >= 4 is 17.0 Å². The average molecular weight is 250 g/mol. The fraction of sp³-hybridized carbons (Fsp3) is 0.0625. The minimum atomic E-state index is 0.550. The summed E-state index contributed by atoms with van der Waals surface area (Å²) in [6.07, 6.45) is 5.86. The highest BCUT2D eigenvalue weighted by molar-refractivity contribution is 5.79. The second-order valence-corrected chi connectivity index (χ2v) is 4.24. The van der Waals surface area contributed by atoms with Crippen molar-refractivity contribution in [2.24, 2.45) is 0 Å². The van der Waals surface area contributed by atoms with Crippen LogP contribution < -0.4 is 4.74 Å². The number of aromatic nitrogens is 2. The van der Waals surface area contributed by atoms with Gasteiger partial charge in [-0.3, -0.25) is 5.10 Å². The minimum Gasteiger partial charge on any atom is -0.489 e. The zero-order valence-corrected chi connectivity index (χ0v) is 10.4. The predicted molar refractivity (Wildman–Crippen MR) is 77.1 cm³/mol. The van der Waals surface area contributed by atoms with E-state index in [9.17, 15) is 0 Å². The Labute approximate surface area is 111 Å². The number of hydrogen-bond donors (Lipinski definition) is 1. The first-order valence-electron chi connectivity index (χ1n) is 6.19. The van der Waals surface area contributed by atoms with E-state index >= 15 is 0 Å². The van der Waals surface area contributed by atoms with E-state index in [1.165, 1.54) is 5.56 Å². The SMILES string of the molecule is C(=C\c1ccccc1)/COc1ccc2cn[nH]c2c1. The number of rotatable bonds is 4. The molecule has 0 amide bonds. The summed E-state index contributed by atoms with van der Waals surface area (Å²) in [4.78, 5) is 0. The lowest BCUT2D eigenvalue weighted by atomic mass is 10.2. The lowest BCUT2D eigenvalue weighted by Gasteiger charge is -2.02. The Morgan fingerprint density at radius 2 is 2.00 bits per heavy atom. The Kier molecular flexibility index (Phi) is 3.28. The molecule has 0 aliphatic heterocycles. The first kappa shape index (κ1) is 11.5. The number of fused-ring (bicyclic) bond motifs is 1. The second-order valence-electron chi connectivity index (χ2n) is 4.24. The topological polar surface area (TPSA) is 37.9 Å². The normalized spacial score (nSPS) is 11.2. The molecule has 2 aromatic carbocycles. The van der Waals surface area contributed by atoms with Crippen molar-refractivity contribution in [3.8, 4) is 5.75 Å². The molecule has 19 heavy (non-hydrogen) atoms. The molecule has 3 aromatic rings. The highest BCUT2D eigenvalue weighted by Crippen LogP contribution is 2.18. The van der Waals surface area contributed by atoms with Gasteiger partial charge in [0.25, 0.3) is 0 Å². The Bertz CT molecular complexity index is 686. The van der Waals surface area contributed by atoms with Crippen LogP contribution in [0, 0.1) is 0 Å². The van der Waals surface area contributed by atoms with Crippen LogP contribution in [0.2, 0.25) is 0 Å². The molecule has 0 spiro atoms. The lowest BCUT2D eigenvalue weighted by molar-refractivity contribution is 0.364. The van der Waals surface area contributed by atoms with Gasteiger partial charge in [-0.2, -0.15) is 5.10 Å². The number of ether oxygens (including phenoxy) is 1. The van der Waals surface area contributed by atoms with Crippen LogP contribution in [-0.4, -0.2) is 16.8 Å². The van der Waals surface area contributed by atoms with E-state index in [0.29, 0.717) is 6.61 Å². The van der Waals surface area contributed by atoms with Crippen LogP contribution in [-0.2, 0) is 0 Å². The van der Waals surface area contributed by atoms with E-state index in [2.05, 4.69) is 28.4 Å². The van der Waals surface area contributed by atoms with Crippen LogP contribution in [0.5, 0.6) is 5.75 Å². The molecule has 1 heterocycles. The summed E-state index contributed by atoms with van der Waals surface area (Å²) in [6, 6.07) is 16.1. The molecule has 0 unspecified atom stereocenters. The largest absolute Gasteiger partial charge is 0.489 e. The van der Waals surface area contributed by atoms with Gasteiger partial charge < -0.3 is 4.74 Å². The highest BCUT2D eigenvalue weighted by atomic mass is 16.5. The molecule has 1 aromatic heterocycles. The van der Waals surface area contributed by atoms with Crippen molar-refractivity contribution in [3.05, 3.63) is 66.4 Å².